The van der Waals surface area contributed by atoms with Crippen molar-refractivity contribution in [1.29, 1.82) is 0 Å². The minimum absolute atomic E-state index is 0.150. The number of carbonyl (C=O) groups excluding carboxylic acids is 1. The Labute approximate surface area is 156 Å². The monoisotopic (exact) mass is 396 g/mol. The molecule has 3 rings (SSSR count). The van der Waals surface area contributed by atoms with Crippen LogP contribution in [-0.4, -0.2) is 34.0 Å². The lowest BCUT2D eigenvalue weighted by atomic mass is 9.99. The second-order valence-electron chi connectivity index (χ2n) is 5.51. The number of nitrogens with zero attached hydrogens (tertiary/aromatic N) is 3. The predicted octanol–water partition coefficient (Wildman–Crippen LogP) is 3.66. The van der Waals surface area contributed by atoms with Crippen LogP contribution in [0.1, 0.15) is 5.56 Å². The van der Waals surface area contributed by atoms with Crippen LogP contribution in [0.5, 0.6) is 5.75 Å². The van der Waals surface area contributed by atoms with Gasteiger partial charge in [0.2, 0.25) is 5.91 Å². The molecule has 1 aromatic carbocycles. The van der Waals surface area contributed by atoms with Gasteiger partial charge in [-0.1, -0.05) is 17.7 Å². The van der Waals surface area contributed by atoms with Gasteiger partial charge >= 0.3 is 6.36 Å². The Morgan fingerprint density at radius 3 is 2.48 bits per heavy atom. The molecule has 2 heterocycles. The third-order valence-corrected chi connectivity index (χ3v) is 3.90. The number of amides is 1. The second kappa shape index (κ2) is 7.75. The van der Waals surface area contributed by atoms with E-state index in [-0.39, 0.29) is 23.4 Å². The molecule has 2 aromatic rings. The zero-order valence-electron chi connectivity index (χ0n) is 13.6. The fourth-order valence-corrected chi connectivity index (χ4v) is 2.61. The van der Waals surface area contributed by atoms with Crippen LogP contribution in [-0.2, 0) is 4.79 Å². The molecular weight excluding hydrogens is 385 g/mol. The van der Waals surface area contributed by atoms with E-state index in [0.717, 1.165) is 12.1 Å². The number of allylic oxidation sites excluding steroid dienone is 1. The summed E-state index contributed by atoms with van der Waals surface area (Å²) in [6, 6.07) is 4.85. The van der Waals surface area contributed by atoms with Crippen molar-refractivity contribution in [2.75, 3.05) is 11.9 Å². The third-order valence-electron chi connectivity index (χ3n) is 3.58. The van der Waals surface area contributed by atoms with Crippen LogP contribution >= 0.6 is 11.6 Å². The van der Waals surface area contributed by atoms with Crippen molar-refractivity contribution in [3.8, 4) is 5.75 Å². The Bertz CT molecular complexity index is 883. The molecule has 0 bridgehead atoms. The molecule has 1 N–H and O–H groups in total. The molecule has 1 amide bonds. The Balaban J connectivity index is 1.70. The topological polar surface area (TPSA) is 76.5 Å². The van der Waals surface area contributed by atoms with E-state index in [1.807, 2.05) is 0 Å². The molecular formula is C17H12ClF3N4O2. The number of carbonyl (C=O) groups is 1. The van der Waals surface area contributed by atoms with E-state index in [1.54, 1.807) is 18.5 Å². The van der Waals surface area contributed by atoms with Gasteiger partial charge in [0, 0.05) is 29.2 Å². The lowest BCUT2D eigenvalue weighted by molar-refractivity contribution is -0.274. The summed E-state index contributed by atoms with van der Waals surface area (Å²) in [7, 11) is 0. The van der Waals surface area contributed by atoms with Gasteiger partial charge in [0.05, 0.1) is 12.5 Å². The summed E-state index contributed by atoms with van der Waals surface area (Å²) in [5.74, 6) is -1.35. The number of aliphatic imine (C=N–C) groups is 1. The van der Waals surface area contributed by atoms with Crippen LogP contribution in [0.25, 0.3) is 5.57 Å². The van der Waals surface area contributed by atoms with E-state index in [2.05, 4.69) is 25.0 Å². The summed E-state index contributed by atoms with van der Waals surface area (Å²) in [6.45, 7) is 0.150. The summed E-state index contributed by atoms with van der Waals surface area (Å²) in [5.41, 5.74) is 1.49. The smallest absolute Gasteiger partial charge is 0.406 e. The van der Waals surface area contributed by atoms with Crippen molar-refractivity contribution in [2.45, 2.75) is 6.36 Å². The fraction of sp³-hybridized carbons (Fsp3) is 0.176. The molecule has 1 aromatic heterocycles. The number of alkyl halides is 3. The largest absolute Gasteiger partial charge is 0.573 e. The van der Waals surface area contributed by atoms with Gasteiger partial charge in [-0.15, -0.1) is 13.2 Å². The zero-order valence-corrected chi connectivity index (χ0v) is 14.3. The number of anilines is 1. The highest BCUT2D eigenvalue weighted by molar-refractivity contribution is 6.76. The molecule has 0 spiro atoms. The molecule has 0 aliphatic carbocycles. The highest BCUT2D eigenvalue weighted by atomic mass is 35.5. The fourth-order valence-electron chi connectivity index (χ4n) is 2.37. The maximum absolute atomic E-state index is 12.5. The van der Waals surface area contributed by atoms with Gasteiger partial charge in [-0.2, -0.15) is 0 Å². The maximum atomic E-state index is 12.5. The van der Waals surface area contributed by atoms with Crippen LogP contribution in [0.2, 0.25) is 0 Å². The van der Waals surface area contributed by atoms with Crippen molar-refractivity contribution >= 4 is 33.9 Å². The number of benzene rings is 1. The molecule has 1 aliphatic heterocycles. The van der Waals surface area contributed by atoms with Gasteiger partial charge < -0.3 is 10.1 Å². The molecule has 0 fully saturated rings. The summed E-state index contributed by atoms with van der Waals surface area (Å²) in [5, 5.41) is 2.88. The standard InChI is InChI=1S/C17H12ClF3N4O2/c18-15-14(11-6-22-9-23-7-11)5-10(8-24-15)16(26)25-12-1-3-13(4-2-12)27-17(19,20)21/h1-7,9-10H,8H2,(H,25,26). The number of nitrogens with one attached hydrogen (secondary N) is 1. The normalized spacial score (nSPS) is 17.0. The maximum Gasteiger partial charge on any atom is 0.573 e. The summed E-state index contributed by atoms with van der Waals surface area (Å²) >= 11 is 6.11. The second-order valence-corrected chi connectivity index (χ2v) is 5.86. The number of hydrogen-bond acceptors (Lipinski definition) is 5. The molecule has 0 saturated carbocycles. The highest BCUT2D eigenvalue weighted by Gasteiger charge is 2.31. The van der Waals surface area contributed by atoms with Gasteiger partial charge in [-0.05, 0) is 24.3 Å². The number of halogens is 4. The molecule has 1 aliphatic rings. The average Bonchev–Trinajstić information content (AvgIpc) is 2.63. The predicted molar refractivity (Wildman–Crippen MR) is 93.4 cm³/mol. The summed E-state index contributed by atoms with van der Waals surface area (Å²) in [6.07, 6.45) is 1.36. The van der Waals surface area contributed by atoms with E-state index in [9.17, 15) is 18.0 Å². The van der Waals surface area contributed by atoms with E-state index in [1.165, 1.54) is 18.5 Å². The van der Waals surface area contributed by atoms with Crippen molar-refractivity contribution < 1.29 is 22.7 Å². The molecule has 6 nitrogen and oxygen atoms in total. The van der Waals surface area contributed by atoms with Crippen LogP contribution in [0.3, 0.4) is 0 Å². The number of rotatable bonds is 4. The van der Waals surface area contributed by atoms with Crippen molar-refractivity contribution in [1.82, 2.24) is 9.97 Å². The van der Waals surface area contributed by atoms with Gasteiger partial charge in [0.25, 0.3) is 0 Å². The van der Waals surface area contributed by atoms with E-state index in [4.69, 9.17) is 11.6 Å². The van der Waals surface area contributed by atoms with Crippen molar-refractivity contribution in [3.05, 3.63) is 54.6 Å². The van der Waals surface area contributed by atoms with E-state index in [0.29, 0.717) is 16.8 Å². The molecule has 27 heavy (non-hydrogen) atoms. The third kappa shape index (κ3) is 5.04. The number of dihydropyridines is 1. The number of ether oxygens (including phenoxy) is 1. The Kier molecular flexibility index (Phi) is 5.41. The van der Waals surface area contributed by atoms with Gasteiger partial charge in [-0.25, -0.2) is 9.97 Å². The van der Waals surface area contributed by atoms with E-state index >= 15 is 0 Å². The lowest BCUT2D eigenvalue weighted by Crippen LogP contribution is -2.26. The van der Waals surface area contributed by atoms with Crippen LogP contribution in [0.15, 0.2) is 54.1 Å². The van der Waals surface area contributed by atoms with Crippen molar-refractivity contribution in [2.24, 2.45) is 10.9 Å². The Morgan fingerprint density at radius 1 is 1.19 bits per heavy atom. The van der Waals surface area contributed by atoms with Crippen LogP contribution in [0, 0.1) is 5.92 Å². The SMILES string of the molecule is O=C(Nc1ccc(OC(F)(F)F)cc1)C1C=C(c2cncnc2)C(Cl)=NC1. The first kappa shape index (κ1) is 18.8. The summed E-state index contributed by atoms with van der Waals surface area (Å²) in [4.78, 5) is 24.4. The lowest BCUT2D eigenvalue weighted by Gasteiger charge is -2.18. The van der Waals surface area contributed by atoms with E-state index < -0.39 is 12.3 Å². The van der Waals surface area contributed by atoms with Gasteiger partial charge in [0.15, 0.2) is 0 Å². The summed E-state index contributed by atoms with van der Waals surface area (Å²) < 4.78 is 40.3. The number of hydrogen-bond donors (Lipinski definition) is 1. The first-order chi connectivity index (χ1) is 12.8. The molecule has 1 unspecified atom stereocenters. The van der Waals surface area contributed by atoms with Crippen LogP contribution < -0.4 is 10.1 Å². The molecule has 0 saturated heterocycles. The Morgan fingerprint density at radius 2 is 1.85 bits per heavy atom. The molecule has 140 valence electrons. The first-order valence-corrected chi connectivity index (χ1v) is 8.04. The average molecular weight is 397 g/mol. The quantitative estimate of drug-likeness (QED) is 0.855. The highest BCUT2D eigenvalue weighted by Crippen LogP contribution is 2.26. The molecule has 10 heteroatoms. The minimum atomic E-state index is -4.77. The number of aromatic nitrogens is 2. The minimum Gasteiger partial charge on any atom is -0.406 e. The first-order valence-electron chi connectivity index (χ1n) is 7.66. The zero-order chi connectivity index (χ0) is 19.4. The van der Waals surface area contributed by atoms with Gasteiger partial charge in [0.1, 0.15) is 17.2 Å². The molecule has 0 radical (unpaired) electrons. The van der Waals surface area contributed by atoms with Gasteiger partial charge in [-0.3, -0.25) is 9.79 Å². The Hall–Kier alpha value is -2.94. The molecule has 1 atom stereocenters. The van der Waals surface area contributed by atoms with Crippen molar-refractivity contribution in [3.63, 3.8) is 0 Å². The van der Waals surface area contributed by atoms with Crippen LogP contribution in [0.4, 0.5) is 18.9 Å².